The lowest BCUT2D eigenvalue weighted by Crippen LogP contribution is -2.47. The van der Waals surface area contributed by atoms with Gasteiger partial charge in [0, 0.05) is 43.3 Å². The predicted octanol–water partition coefficient (Wildman–Crippen LogP) is 5.51. The molecule has 2 aromatic carbocycles. The Labute approximate surface area is 273 Å². The van der Waals surface area contributed by atoms with Crippen LogP contribution in [0.25, 0.3) is 16.7 Å². The summed E-state index contributed by atoms with van der Waals surface area (Å²) in [7, 11) is 0. The number of carbonyl (C=O) groups is 1. The maximum Gasteiger partial charge on any atom is 0.284 e. The van der Waals surface area contributed by atoms with Crippen molar-refractivity contribution in [2.75, 3.05) is 30.3 Å². The summed E-state index contributed by atoms with van der Waals surface area (Å²) in [4.78, 5) is 32.1. The fraction of sp³-hybridized carbons (Fsp3) is 0.233. The Bertz CT molecular complexity index is 1890. The molecule has 1 amide bonds. The first-order valence-electron chi connectivity index (χ1n) is 13.9. The molecule has 6 rings (SSSR count). The highest BCUT2D eigenvalue weighted by Gasteiger charge is 2.30. The Kier molecular flexibility index (Phi) is 10.9. The van der Waals surface area contributed by atoms with Gasteiger partial charge < -0.3 is 20.3 Å². The first-order valence-corrected chi connectivity index (χ1v) is 13.9. The second-order valence-corrected chi connectivity index (χ2v) is 10.2. The smallest absolute Gasteiger partial charge is 0.284 e. The molecule has 1 aliphatic heterocycles. The molecule has 4 heterocycles. The van der Waals surface area contributed by atoms with Gasteiger partial charge in [-0.05, 0) is 55.4 Å². The van der Waals surface area contributed by atoms with E-state index in [0.717, 1.165) is 23.8 Å². The van der Waals surface area contributed by atoms with Crippen molar-refractivity contribution in [1.82, 2.24) is 29.9 Å². The predicted molar refractivity (Wildman–Crippen MR) is 172 cm³/mol. The lowest BCUT2D eigenvalue weighted by molar-refractivity contribution is 0.102. The van der Waals surface area contributed by atoms with Gasteiger partial charge in [-0.25, -0.2) is 18.2 Å². The summed E-state index contributed by atoms with van der Waals surface area (Å²) in [6, 6.07) is 11.1. The Balaban J connectivity index is 0.00000240. The van der Waals surface area contributed by atoms with Crippen LogP contribution in [0.5, 0.6) is 11.5 Å². The minimum atomic E-state index is -1.10. The number of piperidine rings is 1. The molecule has 1 fully saturated rings. The van der Waals surface area contributed by atoms with Crippen LogP contribution in [0.15, 0.2) is 71.8 Å². The number of fused-ring (bicyclic) bond motifs is 1. The normalized spacial score (nSPS) is 16.3. The lowest BCUT2D eigenvalue weighted by Gasteiger charge is -2.34. The van der Waals surface area contributed by atoms with Crippen molar-refractivity contribution in [2.24, 2.45) is 0 Å². The highest BCUT2D eigenvalue weighted by atomic mass is 35.5. The Morgan fingerprint density at radius 2 is 1.85 bits per heavy atom. The molecule has 1 aliphatic rings. The third-order valence-electron chi connectivity index (χ3n) is 7.39. The van der Waals surface area contributed by atoms with E-state index in [2.05, 4.69) is 30.9 Å². The molecule has 16 heteroatoms. The van der Waals surface area contributed by atoms with Gasteiger partial charge in [0.25, 0.3) is 11.5 Å². The number of aromatic nitrogens is 5. The number of hydrogen-bond acceptors (Lipinski definition) is 8. The maximum atomic E-state index is 15.2. The molecule has 0 bridgehead atoms. The van der Waals surface area contributed by atoms with Crippen molar-refractivity contribution in [2.45, 2.75) is 25.6 Å². The molecule has 1 unspecified atom stereocenters. The molecular weight excluding hydrogens is 648 g/mol. The highest BCUT2D eigenvalue weighted by molar-refractivity contribution is 6.04. The number of nitrogens with zero attached hydrogens (tertiary/aromatic N) is 5. The Hall–Kier alpha value is -4.66. The summed E-state index contributed by atoms with van der Waals surface area (Å²) in [5, 5.41) is 17.1. The molecular formula is C30H29Cl2F3N8O3. The van der Waals surface area contributed by atoms with Crippen LogP contribution in [0.2, 0.25) is 0 Å². The van der Waals surface area contributed by atoms with Gasteiger partial charge in [-0.15, -0.1) is 24.8 Å². The number of aromatic amines is 1. The van der Waals surface area contributed by atoms with Gasteiger partial charge in [0.1, 0.15) is 28.7 Å². The summed E-state index contributed by atoms with van der Waals surface area (Å²) >= 11 is 0. The van der Waals surface area contributed by atoms with Crippen LogP contribution in [-0.2, 0) is 0 Å². The molecule has 0 aliphatic carbocycles. The molecule has 0 radical (unpaired) electrons. The van der Waals surface area contributed by atoms with Crippen LogP contribution in [0.3, 0.4) is 0 Å². The lowest BCUT2D eigenvalue weighted by atomic mass is 10.0. The summed E-state index contributed by atoms with van der Waals surface area (Å²) in [5.41, 5.74) is -0.272. The van der Waals surface area contributed by atoms with E-state index in [1.165, 1.54) is 54.9 Å². The molecule has 3 N–H and O–H groups in total. The van der Waals surface area contributed by atoms with Gasteiger partial charge >= 0.3 is 0 Å². The average Bonchev–Trinajstić information content (AvgIpc) is 3.43. The van der Waals surface area contributed by atoms with Gasteiger partial charge in [-0.2, -0.15) is 14.9 Å². The van der Waals surface area contributed by atoms with Gasteiger partial charge in [0.05, 0.1) is 11.7 Å². The molecule has 1 saturated heterocycles. The third kappa shape index (κ3) is 7.09. The second kappa shape index (κ2) is 14.6. The van der Waals surface area contributed by atoms with Gasteiger partial charge in [0.15, 0.2) is 23.0 Å². The van der Waals surface area contributed by atoms with Crippen molar-refractivity contribution in [3.63, 3.8) is 0 Å². The molecule has 242 valence electrons. The van der Waals surface area contributed by atoms with Crippen molar-refractivity contribution in [1.29, 1.82) is 0 Å². The molecule has 46 heavy (non-hydrogen) atoms. The van der Waals surface area contributed by atoms with Crippen LogP contribution < -0.4 is 20.9 Å². The number of alkyl halides is 1. The topological polar surface area (TPSA) is 130 Å². The minimum Gasteiger partial charge on any atom is -0.453 e. The van der Waals surface area contributed by atoms with E-state index in [1.54, 1.807) is 6.07 Å². The van der Waals surface area contributed by atoms with Crippen molar-refractivity contribution < 1.29 is 22.7 Å². The number of benzene rings is 2. The number of carbonyl (C=O) groups excluding carboxylic acids is 1. The van der Waals surface area contributed by atoms with E-state index in [9.17, 15) is 18.4 Å². The van der Waals surface area contributed by atoms with Crippen LogP contribution in [0.4, 0.5) is 24.7 Å². The van der Waals surface area contributed by atoms with E-state index in [0.29, 0.717) is 29.8 Å². The number of pyridine rings is 1. The number of hydrogen-bond donors (Lipinski definition) is 3. The van der Waals surface area contributed by atoms with Crippen molar-refractivity contribution in [3.05, 3.63) is 94.5 Å². The van der Waals surface area contributed by atoms with Crippen LogP contribution in [0, 0.1) is 11.6 Å². The minimum absolute atomic E-state index is 0. The number of halogens is 5. The summed E-state index contributed by atoms with van der Waals surface area (Å²) in [5.74, 6) is -1.64. The molecule has 0 spiro atoms. The van der Waals surface area contributed by atoms with Crippen molar-refractivity contribution >= 4 is 53.3 Å². The maximum absolute atomic E-state index is 15.2. The van der Waals surface area contributed by atoms with Gasteiger partial charge in [-0.1, -0.05) is 6.92 Å². The number of ether oxygens (including phenoxy) is 1. The number of amides is 1. The van der Waals surface area contributed by atoms with Crippen LogP contribution in [-0.4, -0.2) is 67.6 Å². The Morgan fingerprint density at radius 1 is 1.07 bits per heavy atom. The standard InChI is InChI=1S/C30H27F3N8O3.2ClH/c1-2-40-14-11-23(22(33)16-40)37-28-26-25(10-12-34-27(26)38-39-28)44-24-8-5-18(15-21(24)32)36-29(42)20-9-13-35-41(30(20)43)19-6-3-17(31)4-7-19;;/h3-10,12-13,15,22-23H,2,11,14,16H2,1H3,(H,36,42)(H2,34,37,38,39);2*1H/t22-,23?;;/m0../s1. The summed E-state index contributed by atoms with van der Waals surface area (Å²) < 4.78 is 50.2. The van der Waals surface area contributed by atoms with Crippen LogP contribution >= 0.6 is 24.8 Å². The SMILES string of the molecule is CCN1CCC(Nc2n[nH]c3nccc(Oc4ccc(NC(=O)c5ccnn(-c6ccc(F)cc6)c5=O)cc4F)c23)[C@@H](F)C1.Cl.Cl. The molecule has 5 aromatic rings. The van der Waals surface area contributed by atoms with Gasteiger partial charge in [-0.3, -0.25) is 14.7 Å². The number of likely N-dealkylation sites (tertiary alicyclic amines) is 1. The monoisotopic (exact) mass is 676 g/mol. The molecule has 0 saturated carbocycles. The molecule has 3 aromatic heterocycles. The van der Waals surface area contributed by atoms with Crippen LogP contribution in [0.1, 0.15) is 23.7 Å². The fourth-order valence-electron chi connectivity index (χ4n) is 5.03. The third-order valence-corrected chi connectivity index (χ3v) is 7.39. The van der Waals surface area contributed by atoms with E-state index < -0.39 is 35.3 Å². The largest absolute Gasteiger partial charge is 0.453 e. The van der Waals surface area contributed by atoms with E-state index in [1.807, 2.05) is 11.8 Å². The zero-order valence-corrected chi connectivity index (χ0v) is 25.9. The zero-order chi connectivity index (χ0) is 30.8. The number of rotatable bonds is 8. The second-order valence-electron chi connectivity index (χ2n) is 10.2. The van der Waals surface area contributed by atoms with Gasteiger partial charge in [0.2, 0.25) is 0 Å². The fourth-order valence-corrected chi connectivity index (χ4v) is 5.03. The molecule has 11 nitrogen and oxygen atoms in total. The number of H-pyrrole nitrogens is 1. The Morgan fingerprint density at radius 3 is 2.57 bits per heavy atom. The van der Waals surface area contributed by atoms with E-state index in [-0.39, 0.29) is 53.3 Å². The first kappa shape index (κ1) is 34.2. The summed E-state index contributed by atoms with van der Waals surface area (Å²) in [6.45, 7) is 3.83. The number of anilines is 2. The quantitative estimate of drug-likeness (QED) is 0.196. The average molecular weight is 678 g/mol. The highest BCUT2D eigenvalue weighted by Crippen LogP contribution is 2.35. The van der Waals surface area contributed by atoms with E-state index >= 15 is 4.39 Å². The first-order chi connectivity index (χ1) is 21.3. The van der Waals surface area contributed by atoms with E-state index in [4.69, 9.17) is 4.74 Å². The number of nitrogens with one attached hydrogen (secondary N) is 3. The zero-order valence-electron chi connectivity index (χ0n) is 24.2. The van der Waals surface area contributed by atoms with Crippen molar-refractivity contribution in [3.8, 4) is 17.2 Å². The summed E-state index contributed by atoms with van der Waals surface area (Å²) in [6.07, 6.45) is 2.21. The molecule has 2 atom stereocenters.